The number of aliphatic hydroxyl groups is 1. The first-order valence-electron chi connectivity index (χ1n) is 6.23. The van der Waals surface area contributed by atoms with Gasteiger partial charge in [0, 0.05) is 18.6 Å². The van der Waals surface area contributed by atoms with E-state index in [2.05, 4.69) is 0 Å². The molecule has 1 fully saturated rings. The van der Waals surface area contributed by atoms with Gasteiger partial charge in [0.25, 0.3) is 0 Å². The van der Waals surface area contributed by atoms with Crippen LogP contribution in [0.15, 0.2) is 18.2 Å². The van der Waals surface area contributed by atoms with Crippen LogP contribution >= 0.6 is 0 Å². The van der Waals surface area contributed by atoms with E-state index in [1.807, 2.05) is 12.1 Å². The van der Waals surface area contributed by atoms with Crippen molar-refractivity contribution < 1.29 is 19.3 Å². The highest BCUT2D eigenvalue weighted by molar-refractivity contribution is 5.39. The summed E-state index contributed by atoms with van der Waals surface area (Å²) in [4.78, 5) is 0. The second-order valence-corrected chi connectivity index (χ2v) is 4.57. The molecule has 2 atom stereocenters. The molecule has 1 N–H and O–H groups in total. The highest BCUT2D eigenvalue weighted by Crippen LogP contribution is 2.33. The van der Waals surface area contributed by atoms with Crippen LogP contribution < -0.4 is 9.47 Å². The van der Waals surface area contributed by atoms with Gasteiger partial charge in [0.1, 0.15) is 11.5 Å². The van der Waals surface area contributed by atoms with Crippen LogP contribution in [0, 0.1) is 5.92 Å². The maximum absolute atomic E-state index is 10.4. The van der Waals surface area contributed by atoms with E-state index >= 15 is 0 Å². The number of hydrogen-bond donors (Lipinski definition) is 1. The Morgan fingerprint density at radius 1 is 1.22 bits per heavy atom. The van der Waals surface area contributed by atoms with E-state index in [9.17, 15) is 5.11 Å². The molecule has 18 heavy (non-hydrogen) atoms. The minimum atomic E-state index is -0.533. The van der Waals surface area contributed by atoms with Gasteiger partial charge < -0.3 is 19.3 Å². The molecule has 1 aliphatic heterocycles. The van der Waals surface area contributed by atoms with Crippen LogP contribution in [0.2, 0.25) is 0 Å². The minimum absolute atomic E-state index is 0.149. The number of ether oxygens (including phenoxy) is 3. The van der Waals surface area contributed by atoms with Gasteiger partial charge in [0.05, 0.1) is 26.9 Å². The van der Waals surface area contributed by atoms with Crippen molar-refractivity contribution >= 4 is 0 Å². The maximum atomic E-state index is 10.4. The van der Waals surface area contributed by atoms with Crippen LogP contribution in [0.5, 0.6) is 11.5 Å². The van der Waals surface area contributed by atoms with Crippen molar-refractivity contribution in [2.45, 2.75) is 18.9 Å². The lowest BCUT2D eigenvalue weighted by molar-refractivity contribution is -0.0101. The van der Waals surface area contributed by atoms with Gasteiger partial charge in [0.2, 0.25) is 0 Å². The maximum Gasteiger partial charge on any atom is 0.122 e. The highest BCUT2D eigenvalue weighted by atomic mass is 16.5. The molecule has 0 aliphatic carbocycles. The Hall–Kier alpha value is -1.26. The number of rotatable bonds is 4. The molecule has 100 valence electrons. The summed E-state index contributed by atoms with van der Waals surface area (Å²) in [6.07, 6.45) is 1.46. The molecule has 1 saturated heterocycles. The number of methoxy groups -OCH3 is 2. The summed E-state index contributed by atoms with van der Waals surface area (Å²) in [6.45, 7) is 1.41. The lowest BCUT2D eigenvalue weighted by atomic mass is 9.91. The van der Waals surface area contributed by atoms with Crippen LogP contribution in [0.1, 0.15) is 24.5 Å². The fraction of sp³-hybridized carbons (Fsp3) is 0.571. The van der Waals surface area contributed by atoms with Crippen molar-refractivity contribution in [2.75, 3.05) is 27.4 Å². The average molecular weight is 252 g/mol. The zero-order valence-corrected chi connectivity index (χ0v) is 10.9. The Kier molecular flexibility index (Phi) is 4.44. The quantitative estimate of drug-likeness (QED) is 0.892. The predicted octanol–water partition coefficient (Wildman–Crippen LogP) is 2.16. The van der Waals surface area contributed by atoms with Gasteiger partial charge >= 0.3 is 0 Å². The largest absolute Gasteiger partial charge is 0.497 e. The smallest absolute Gasteiger partial charge is 0.122 e. The standard InChI is InChI=1S/C14H20O4/c1-16-12-6-11(7-13(8-12)17-2)14(15)10-4-3-5-18-9-10/h6-8,10,14-15H,3-5,9H2,1-2H3. The monoisotopic (exact) mass is 252 g/mol. The van der Waals surface area contributed by atoms with Gasteiger partial charge in [-0.1, -0.05) is 0 Å². The molecule has 1 aromatic carbocycles. The second-order valence-electron chi connectivity index (χ2n) is 4.57. The third-order valence-electron chi connectivity index (χ3n) is 3.36. The Balaban J connectivity index is 2.19. The van der Waals surface area contributed by atoms with E-state index < -0.39 is 6.10 Å². The number of hydrogen-bond acceptors (Lipinski definition) is 4. The van der Waals surface area contributed by atoms with Crippen LogP contribution in [0.4, 0.5) is 0 Å². The molecule has 1 aliphatic rings. The van der Waals surface area contributed by atoms with Gasteiger partial charge in [-0.05, 0) is 30.5 Å². The highest BCUT2D eigenvalue weighted by Gasteiger charge is 2.24. The Labute approximate surface area is 107 Å². The molecule has 4 nitrogen and oxygen atoms in total. The first kappa shape index (κ1) is 13.2. The summed E-state index contributed by atoms with van der Waals surface area (Å²) < 4.78 is 15.8. The molecule has 1 heterocycles. The normalized spacial score (nSPS) is 21.4. The van der Waals surface area contributed by atoms with Crippen molar-refractivity contribution in [3.05, 3.63) is 23.8 Å². The molecule has 0 saturated carbocycles. The lowest BCUT2D eigenvalue weighted by Crippen LogP contribution is -2.23. The average Bonchev–Trinajstić information content (AvgIpc) is 2.46. The van der Waals surface area contributed by atoms with E-state index in [1.54, 1.807) is 20.3 Å². The van der Waals surface area contributed by atoms with Crippen molar-refractivity contribution in [1.29, 1.82) is 0 Å². The molecule has 0 spiro atoms. The van der Waals surface area contributed by atoms with E-state index in [0.717, 1.165) is 25.0 Å². The van der Waals surface area contributed by atoms with Gasteiger partial charge in [-0.3, -0.25) is 0 Å². The second kappa shape index (κ2) is 6.07. The topological polar surface area (TPSA) is 47.9 Å². The zero-order valence-electron chi connectivity index (χ0n) is 10.9. The Morgan fingerprint density at radius 2 is 1.89 bits per heavy atom. The van der Waals surface area contributed by atoms with Crippen molar-refractivity contribution in [3.63, 3.8) is 0 Å². The van der Waals surface area contributed by atoms with Gasteiger partial charge in [-0.25, -0.2) is 0 Å². The van der Waals surface area contributed by atoms with Crippen LogP contribution in [-0.4, -0.2) is 32.5 Å². The molecular weight excluding hydrogens is 232 g/mol. The molecule has 1 aromatic rings. The predicted molar refractivity (Wildman–Crippen MR) is 68.0 cm³/mol. The summed E-state index contributed by atoms with van der Waals surface area (Å²) in [5.41, 5.74) is 0.821. The lowest BCUT2D eigenvalue weighted by Gasteiger charge is -2.27. The van der Waals surface area contributed by atoms with Crippen molar-refractivity contribution in [2.24, 2.45) is 5.92 Å². The van der Waals surface area contributed by atoms with Crippen molar-refractivity contribution in [1.82, 2.24) is 0 Å². The molecule has 0 aromatic heterocycles. The van der Waals surface area contributed by atoms with Gasteiger partial charge in [0.15, 0.2) is 0 Å². The number of aliphatic hydroxyl groups excluding tert-OH is 1. The molecule has 2 unspecified atom stereocenters. The van der Waals surface area contributed by atoms with E-state index in [0.29, 0.717) is 18.1 Å². The first-order valence-corrected chi connectivity index (χ1v) is 6.23. The first-order chi connectivity index (χ1) is 8.74. The summed E-state index contributed by atoms with van der Waals surface area (Å²) >= 11 is 0. The van der Waals surface area contributed by atoms with E-state index in [-0.39, 0.29) is 5.92 Å². The SMILES string of the molecule is COc1cc(OC)cc(C(O)C2CCCOC2)c1. The van der Waals surface area contributed by atoms with Crippen LogP contribution in [0.25, 0.3) is 0 Å². The van der Waals surface area contributed by atoms with Crippen LogP contribution in [-0.2, 0) is 4.74 Å². The summed E-state index contributed by atoms with van der Waals surface area (Å²) in [7, 11) is 3.21. The van der Waals surface area contributed by atoms with Crippen molar-refractivity contribution in [3.8, 4) is 11.5 Å². The molecule has 2 rings (SSSR count). The fourth-order valence-electron chi connectivity index (χ4n) is 2.29. The minimum Gasteiger partial charge on any atom is -0.497 e. The summed E-state index contributed by atoms with van der Waals surface area (Å²) in [5.74, 6) is 1.54. The molecule has 4 heteroatoms. The van der Waals surface area contributed by atoms with Gasteiger partial charge in [-0.15, -0.1) is 0 Å². The summed E-state index contributed by atoms with van der Waals surface area (Å²) in [6, 6.07) is 5.50. The van der Waals surface area contributed by atoms with E-state index in [4.69, 9.17) is 14.2 Å². The van der Waals surface area contributed by atoms with E-state index in [1.165, 1.54) is 0 Å². The molecule has 0 amide bonds. The zero-order chi connectivity index (χ0) is 13.0. The molecule has 0 bridgehead atoms. The third kappa shape index (κ3) is 2.94. The third-order valence-corrected chi connectivity index (χ3v) is 3.36. The molecular formula is C14H20O4. The summed E-state index contributed by atoms with van der Waals surface area (Å²) in [5, 5.41) is 10.4. The van der Waals surface area contributed by atoms with Gasteiger partial charge in [-0.2, -0.15) is 0 Å². The Morgan fingerprint density at radius 3 is 2.39 bits per heavy atom. The molecule has 0 radical (unpaired) electrons. The van der Waals surface area contributed by atoms with Crippen LogP contribution in [0.3, 0.4) is 0 Å². The number of benzene rings is 1. The Bertz CT molecular complexity index is 363. The fourth-order valence-corrected chi connectivity index (χ4v) is 2.29.